The van der Waals surface area contributed by atoms with Crippen molar-refractivity contribution in [1.29, 1.82) is 0 Å². The van der Waals surface area contributed by atoms with E-state index in [1.54, 1.807) is 12.1 Å². The molecule has 0 aliphatic rings. The fraction of sp³-hybridized carbons (Fsp3) is 0.438. The molecule has 2 amide bonds. The molecule has 5 N–H and O–H groups in total. The summed E-state index contributed by atoms with van der Waals surface area (Å²) in [6.07, 6.45) is 5.92. The molecule has 1 rings (SSSR count). The molecule has 0 fully saturated rings. The summed E-state index contributed by atoms with van der Waals surface area (Å²) in [5, 5.41) is 13.8. The monoisotopic (exact) mass is 337 g/mol. The number of carbonyl (C=O) groups excluding carboxylic acids is 2. The first-order valence-electron chi connectivity index (χ1n) is 7.69. The lowest BCUT2D eigenvalue weighted by Crippen LogP contribution is -2.50. The van der Waals surface area contributed by atoms with E-state index in [0.717, 1.165) is 0 Å². The van der Waals surface area contributed by atoms with Gasteiger partial charge in [0.25, 0.3) is 0 Å². The van der Waals surface area contributed by atoms with Gasteiger partial charge in [0.1, 0.15) is 17.8 Å². The first-order chi connectivity index (χ1) is 11.4. The Balaban J connectivity index is 2.64. The zero-order chi connectivity index (χ0) is 17.9. The predicted molar refractivity (Wildman–Crippen MR) is 87.8 cm³/mol. The molecule has 0 unspecified atom stereocenters. The number of hydrogen-bond acceptors (Lipinski definition) is 5. The van der Waals surface area contributed by atoms with Gasteiger partial charge in [-0.3, -0.25) is 14.4 Å². The van der Waals surface area contributed by atoms with E-state index in [9.17, 15) is 14.4 Å². The molecular weight excluding hydrogens is 314 g/mol. The molecule has 8 nitrogen and oxygen atoms in total. The van der Waals surface area contributed by atoms with Gasteiger partial charge in [-0.05, 0) is 50.9 Å². The maximum absolute atomic E-state index is 12.2. The Morgan fingerprint density at radius 3 is 2.67 bits per heavy atom. The third kappa shape index (κ3) is 7.10. The van der Waals surface area contributed by atoms with Crippen molar-refractivity contribution in [2.45, 2.75) is 38.3 Å². The highest BCUT2D eigenvalue weighted by molar-refractivity contribution is 5.96. The number of amides is 2. The molecule has 0 aliphatic heterocycles. The molecule has 0 radical (unpaired) electrons. The Morgan fingerprint density at radius 2 is 2.08 bits per heavy atom. The molecule has 1 heterocycles. The van der Waals surface area contributed by atoms with Gasteiger partial charge in [-0.2, -0.15) is 0 Å². The number of carboxylic acids is 1. The van der Waals surface area contributed by atoms with Crippen molar-refractivity contribution in [3.05, 3.63) is 30.2 Å². The minimum atomic E-state index is -1.15. The molecule has 1 aromatic heterocycles. The number of nitrogens with one attached hydrogen (secondary N) is 2. The van der Waals surface area contributed by atoms with Crippen LogP contribution in [0.15, 0.2) is 28.9 Å². The van der Waals surface area contributed by atoms with Crippen LogP contribution in [0.4, 0.5) is 0 Å². The van der Waals surface area contributed by atoms with Crippen molar-refractivity contribution in [1.82, 2.24) is 10.6 Å². The highest BCUT2D eigenvalue weighted by atomic mass is 16.4. The van der Waals surface area contributed by atoms with Crippen LogP contribution in [-0.2, 0) is 14.4 Å². The fourth-order valence-electron chi connectivity index (χ4n) is 1.90. The molecular formula is C16H23N3O5. The molecule has 0 aromatic carbocycles. The van der Waals surface area contributed by atoms with E-state index < -0.39 is 29.9 Å². The Hall–Kier alpha value is -2.61. The average Bonchev–Trinajstić information content (AvgIpc) is 3.05. The highest BCUT2D eigenvalue weighted by Crippen LogP contribution is 2.04. The van der Waals surface area contributed by atoms with Gasteiger partial charge in [-0.25, -0.2) is 0 Å². The van der Waals surface area contributed by atoms with Crippen LogP contribution >= 0.6 is 0 Å². The molecule has 2 atom stereocenters. The van der Waals surface area contributed by atoms with Gasteiger partial charge in [0, 0.05) is 6.08 Å². The van der Waals surface area contributed by atoms with Crippen LogP contribution < -0.4 is 16.4 Å². The van der Waals surface area contributed by atoms with E-state index in [0.29, 0.717) is 31.6 Å². The molecule has 0 aliphatic carbocycles. The second-order valence-corrected chi connectivity index (χ2v) is 5.26. The Kier molecular flexibility index (Phi) is 8.28. The van der Waals surface area contributed by atoms with Gasteiger partial charge in [0.2, 0.25) is 11.8 Å². The topological polar surface area (TPSA) is 135 Å². The van der Waals surface area contributed by atoms with E-state index in [1.165, 1.54) is 25.3 Å². The van der Waals surface area contributed by atoms with Gasteiger partial charge in [-0.15, -0.1) is 0 Å². The number of carboxylic acid groups (broad SMARTS) is 1. The van der Waals surface area contributed by atoms with E-state index in [2.05, 4.69) is 10.6 Å². The molecule has 8 heteroatoms. The molecule has 0 saturated heterocycles. The zero-order valence-electron chi connectivity index (χ0n) is 13.5. The minimum Gasteiger partial charge on any atom is -0.480 e. The first-order valence-corrected chi connectivity index (χ1v) is 7.69. The lowest BCUT2D eigenvalue weighted by Gasteiger charge is -2.19. The number of furan rings is 1. The number of hydrogen-bond donors (Lipinski definition) is 4. The van der Waals surface area contributed by atoms with Crippen LogP contribution in [-0.4, -0.2) is 41.5 Å². The van der Waals surface area contributed by atoms with Crippen molar-refractivity contribution in [2.24, 2.45) is 5.73 Å². The number of unbranched alkanes of at least 4 members (excludes halogenated alkanes) is 1. The summed E-state index contributed by atoms with van der Waals surface area (Å²) in [6.45, 7) is 1.84. The van der Waals surface area contributed by atoms with Gasteiger partial charge >= 0.3 is 5.97 Å². The minimum absolute atomic E-state index is 0.371. The van der Waals surface area contributed by atoms with Gasteiger partial charge in [-0.1, -0.05) is 0 Å². The summed E-state index contributed by atoms with van der Waals surface area (Å²) < 4.78 is 5.07. The van der Waals surface area contributed by atoms with E-state index in [4.69, 9.17) is 15.3 Å². The van der Waals surface area contributed by atoms with Gasteiger partial charge in [0.15, 0.2) is 0 Å². The lowest BCUT2D eigenvalue weighted by molar-refractivity contribution is -0.141. The van der Waals surface area contributed by atoms with E-state index in [1.807, 2.05) is 0 Å². The summed E-state index contributed by atoms with van der Waals surface area (Å²) in [7, 11) is 0. The van der Waals surface area contributed by atoms with Crippen molar-refractivity contribution in [2.75, 3.05) is 6.54 Å². The van der Waals surface area contributed by atoms with Crippen molar-refractivity contribution in [3.8, 4) is 0 Å². The molecule has 132 valence electrons. The van der Waals surface area contributed by atoms with Crippen molar-refractivity contribution in [3.63, 3.8) is 0 Å². The van der Waals surface area contributed by atoms with Crippen LogP contribution in [0.3, 0.4) is 0 Å². The SMILES string of the molecule is C[C@H](NC(=O)[C@@H](CCCCN)NC(=O)/C=C/c1ccco1)C(=O)O. The molecule has 24 heavy (non-hydrogen) atoms. The lowest BCUT2D eigenvalue weighted by atomic mass is 10.1. The van der Waals surface area contributed by atoms with Crippen LogP contribution in [0.5, 0.6) is 0 Å². The van der Waals surface area contributed by atoms with Gasteiger partial charge in [0.05, 0.1) is 6.26 Å². The third-order valence-corrected chi connectivity index (χ3v) is 3.25. The van der Waals surface area contributed by atoms with Crippen LogP contribution in [0.1, 0.15) is 31.9 Å². The zero-order valence-corrected chi connectivity index (χ0v) is 13.5. The van der Waals surface area contributed by atoms with Crippen LogP contribution in [0.25, 0.3) is 6.08 Å². The summed E-state index contributed by atoms with van der Waals surface area (Å²) in [5.74, 6) is -1.65. The maximum atomic E-state index is 12.2. The predicted octanol–water partition coefficient (Wildman–Crippen LogP) is 0.496. The number of nitrogens with two attached hydrogens (primary N) is 1. The fourth-order valence-corrected chi connectivity index (χ4v) is 1.90. The quantitative estimate of drug-likeness (QED) is 0.363. The molecule has 0 bridgehead atoms. The first kappa shape index (κ1) is 19.4. The van der Waals surface area contributed by atoms with Crippen molar-refractivity contribution < 1.29 is 23.9 Å². The Labute approximate surface area is 140 Å². The Morgan fingerprint density at radius 1 is 1.33 bits per heavy atom. The van der Waals surface area contributed by atoms with E-state index >= 15 is 0 Å². The van der Waals surface area contributed by atoms with Gasteiger partial charge < -0.3 is 25.9 Å². The molecule has 1 aromatic rings. The second kappa shape index (κ2) is 10.2. The standard InChI is InChI=1S/C16H23N3O5/c1-11(16(22)23)18-15(21)13(6-2-3-9-17)19-14(20)8-7-12-5-4-10-24-12/h4-5,7-8,10-11,13H,2-3,6,9,17H2,1H3,(H,18,21)(H,19,20)(H,22,23)/b8-7+/t11-,13+/m0/s1. The summed E-state index contributed by atoms with van der Waals surface area (Å²) >= 11 is 0. The largest absolute Gasteiger partial charge is 0.480 e. The second-order valence-electron chi connectivity index (χ2n) is 5.26. The average molecular weight is 337 g/mol. The normalized spacial score (nSPS) is 13.4. The number of aliphatic carboxylic acids is 1. The van der Waals surface area contributed by atoms with Crippen LogP contribution in [0.2, 0.25) is 0 Å². The van der Waals surface area contributed by atoms with E-state index in [-0.39, 0.29) is 0 Å². The smallest absolute Gasteiger partial charge is 0.325 e. The summed E-state index contributed by atoms with van der Waals surface area (Å²) in [4.78, 5) is 34.9. The third-order valence-electron chi connectivity index (χ3n) is 3.25. The molecule has 0 spiro atoms. The number of rotatable bonds is 10. The highest BCUT2D eigenvalue weighted by Gasteiger charge is 2.23. The maximum Gasteiger partial charge on any atom is 0.325 e. The molecule has 0 saturated carbocycles. The summed E-state index contributed by atoms with van der Waals surface area (Å²) in [5.41, 5.74) is 5.43. The Bertz CT molecular complexity index is 568. The number of carbonyl (C=O) groups is 3. The van der Waals surface area contributed by atoms with Crippen molar-refractivity contribution >= 4 is 23.9 Å². The summed E-state index contributed by atoms with van der Waals surface area (Å²) in [6, 6.07) is 1.51. The van der Waals surface area contributed by atoms with Crippen LogP contribution in [0, 0.1) is 0 Å².